The quantitative estimate of drug-likeness (QED) is 0.104. The van der Waals surface area contributed by atoms with E-state index in [2.05, 4.69) is 31.3 Å². The molecule has 3 N–H and O–H groups in total. The molecule has 3 aliphatic heterocycles. The number of piperidine rings is 1. The Morgan fingerprint density at radius 3 is 2.27 bits per heavy atom. The molecule has 1 saturated carbocycles. The summed E-state index contributed by atoms with van der Waals surface area (Å²) in [6, 6.07) is 17.6. The van der Waals surface area contributed by atoms with Gasteiger partial charge in [0.15, 0.2) is 0 Å². The molecule has 4 unspecified atom stereocenters. The first-order chi connectivity index (χ1) is 25.2. The standard InChI is InChI=1S/C38H28IN6O7/c46-28-14-13-27(34(48)42-28)45-35(49)23-4-2-5-25(31(23)38(45)52)43-39-24-15-16-40-32-22(24)3-1-6-26(32)41-33(47)18-9-11-21(12-10-18)44-36(50)29-19-7-8-20(17-19)30(29)37(44)51/h1-12,15-16,19-20,27,29-30,43H,13-14,17H2,(H,41,47)(H,42,46,48)/q-1/t19-,20?,27?,29?,30?/m0/s1. The van der Waals surface area contributed by atoms with E-state index in [0.29, 0.717) is 28.1 Å². The average Bonchev–Trinajstić information content (AvgIpc) is 3.89. The molecule has 260 valence electrons. The van der Waals surface area contributed by atoms with Crippen LogP contribution in [0.15, 0.2) is 85.1 Å². The van der Waals surface area contributed by atoms with Crippen LogP contribution < -0.4 is 40.5 Å². The van der Waals surface area contributed by atoms with Gasteiger partial charge < -0.3 is 0 Å². The Hall–Kier alpha value is -5.77. The monoisotopic (exact) mass is 807 g/mol. The van der Waals surface area contributed by atoms with Crippen molar-refractivity contribution in [2.45, 2.75) is 25.3 Å². The molecule has 4 heterocycles. The van der Waals surface area contributed by atoms with E-state index in [4.69, 9.17) is 0 Å². The maximum absolute atomic E-state index is 13.6. The minimum atomic E-state index is -1.06. The van der Waals surface area contributed by atoms with Crippen molar-refractivity contribution in [1.29, 1.82) is 0 Å². The summed E-state index contributed by atoms with van der Waals surface area (Å²) < 4.78 is 4.28. The Morgan fingerprint density at radius 2 is 1.54 bits per heavy atom. The molecule has 5 aliphatic rings. The van der Waals surface area contributed by atoms with Crippen LogP contribution in [0.1, 0.15) is 50.3 Å². The van der Waals surface area contributed by atoms with E-state index in [9.17, 15) is 33.6 Å². The summed E-state index contributed by atoms with van der Waals surface area (Å²) in [5.74, 6) is -3.40. The third-order valence-corrected chi connectivity index (χ3v) is 12.9. The molecule has 0 spiro atoms. The van der Waals surface area contributed by atoms with Crippen LogP contribution in [0.25, 0.3) is 10.9 Å². The first kappa shape index (κ1) is 32.2. The Balaban J connectivity index is 0.912. The van der Waals surface area contributed by atoms with E-state index in [1.165, 1.54) is 4.90 Å². The van der Waals surface area contributed by atoms with E-state index in [0.717, 1.165) is 20.3 Å². The number of amides is 7. The zero-order chi connectivity index (χ0) is 35.8. The summed E-state index contributed by atoms with van der Waals surface area (Å²) in [5, 5.41) is 5.94. The number of pyridine rings is 1. The summed E-state index contributed by atoms with van der Waals surface area (Å²) >= 11 is -1.01. The number of rotatable bonds is 7. The number of anilines is 3. The number of para-hydroxylation sites is 1. The maximum atomic E-state index is 13.6. The van der Waals surface area contributed by atoms with Crippen molar-refractivity contribution in [3.8, 4) is 0 Å². The first-order valence-corrected chi connectivity index (χ1v) is 18.9. The second-order valence-electron chi connectivity index (χ2n) is 13.4. The van der Waals surface area contributed by atoms with E-state index in [-0.39, 0.29) is 65.4 Å². The summed E-state index contributed by atoms with van der Waals surface area (Å²) in [6.07, 6.45) is 6.70. The fourth-order valence-corrected chi connectivity index (χ4v) is 10.2. The van der Waals surface area contributed by atoms with Crippen LogP contribution in [0.5, 0.6) is 0 Å². The third-order valence-electron chi connectivity index (χ3n) is 10.5. The Labute approximate surface area is 306 Å². The van der Waals surface area contributed by atoms with Crippen molar-refractivity contribution in [2.75, 3.05) is 13.7 Å². The van der Waals surface area contributed by atoms with Crippen molar-refractivity contribution >= 4 is 69.3 Å². The second-order valence-corrected chi connectivity index (χ2v) is 15.6. The van der Waals surface area contributed by atoms with E-state index >= 15 is 0 Å². The number of fused-ring (bicyclic) bond motifs is 7. The number of aromatic nitrogens is 1. The van der Waals surface area contributed by atoms with Gasteiger partial charge in [-0.1, -0.05) is 12.2 Å². The average molecular weight is 808 g/mol. The number of halogens is 1. The molecule has 14 heteroatoms. The third kappa shape index (κ3) is 4.95. The van der Waals surface area contributed by atoms with Crippen molar-refractivity contribution in [1.82, 2.24) is 15.2 Å². The van der Waals surface area contributed by atoms with Crippen molar-refractivity contribution in [2.24, 2.45) is 23.7 Å². The van der Waals surface area contributed by atoms with Gasteiger partial charge in [0, 0.05) is 0 Å². The molecule has 7 amide bonds. The molecule has 1 aromatic heterocycles. The molecule has 52 heavy (non-hydrogen) atoms. The predicted octanol–water partition coefficient (Wildman–Crippen LogP) is 0.486. The summed E-state index contributed by atoms with van der Waals surface area (Å²) in [4.78, 5) is 97.6. The zero-order valence-electron chi connectivity index (χ0n) is 27.2. The van der Waals surface area contributed by atoms with Crippen LogP contribution in [0.2, 0.25) is 0 Å². The first-order valence-electron chi connectivity index (χ1n) is 16.8. The Kier molecular flexibility index (Phi) is 7.53. The van der Waals surface area contributed by atoms with Gasteiger partial charge in [-0.25, -0.2) is 0 Å². The molecule has 3 aromatic carbocycles. The van der Waals surface area contributed by atoms with E-state index in [1.54, 1.807) is 60.8 Å². The Morgan fingerprint density at radius 1 is 0.827 bits per heavy atom. The molecule has 5 atom stereocenters. The molecule has 2 bridgehead atoms. The molecule has 0 radical (unpaired) electrons. The number of benzene rings is 3. The minimum absolute atomic E-state index is 0.0346. The van der Waals surface area contributed by atoms with E-state index < -0.39 is 51.1 Å². The fraction of sp³-hybridized carbons (Fsp3) is 0.211. The molecule has 2 saturated heterocycles. The van der Waals surface area contributed by atoms with Crippen LogP contribution in [-0.2, 0) is 19.2 Å². The topological polar surface area (TPSA) is 175 Å². The number of carbonyl (C=O) groups excluding carboxylic acids is 7. The van der Waals surface area contributed by atoms with Crippen LogP contribution in [0, 0.1) is 27.2 Å². The summed E-state index contributed by atoms with van der Waals surface area (Å²) in [5.41, 5.74) is 2.66. The summed E-state index contributed by atoms with van der Waals surface area (Å²) in [7, 11) is 0. The van der Waals surface area contributed by atoms with Gasteiger partial charge in [-0.15, -0.1) is 0 Å². The van der Waals surface area contributed by atoms with Crippen LogP contribution >= 0.6 is 0 Å². The van der Waals surface area contributed by atoms with E-state index in [1.807, 2.05) is 12.1 Å². The van der Waals surface area contributed by atoms with Gasteiger partial charge >= 0.3 is 256 Å². The molecular weight excluding hydrogens is 779 g/mol. The number of carbonyl (C=O) groups is 7. The zero-order valence-corrected chi connectivity index (χ0v) is 29.3. The van der Waals surface area contributed by atoms with Gasteiger partial charge in [-0.05, 0) is 18.3 Å². The van der Waals surface area contributed by atoms with Crippen LogP contribution in [0.4, 0.5) is 17.1 Å². The fourth-order valence-electron chi connectivity index (χ4n) is 8.13. The number of nitrogens with zero attached hydrogens (tertiary/aromatic N) is 3. The number of hydrogen-bond acceptors (Lipinski definition) is 9. The number of nitrogens with one attached hydrogen (secondary N) is 3. The number of allylic oxidation sites excluding steroid dienone is 2. The normalized spacial score (nSPS) is 24.6. The molecule has 4 aromatic rings. The SMILES string of the molecule is O=C1CCC(N2C(=O)c3cccc(N[I-]c4ccnc5c(NC(=O)c6ccc(N7C(=O)C8C9C=C[C@@H](C9)C8C7=O)cc6)cccc45)c3C2=O)C(=O)N1. The van der Waals surface area contributed by atoms with Gasteiger partial charge in [-0.3, -0.25) is 9.59 Å². The van der Waals surface area contributed by atoms with Crippen molar-refractivity contribution in [3.63, 3.8) is 0 Å². The number of hydrogen-bond donors (Lipinski definition) is 3. The van der Waals surface area contributed by atoms with Gasteiger partial charge in [-0.2, -0.15) is 0 Å². The number of imide groups is 3. The van der Waals surface area contributed by atoms with Gasteiger partial charge in [0.1, 0.15) is 0 Å². The van der Waals surface area contributed by atoms with Crippen molar-refractivity contribution in [3.05, 3.63) is 105 Å². The predicted molar refractivity (Wildman–Crippen MR) is 182 cm³/mol. The summed E-state index contributed by atoms with van der Waals surface area (Å²) in [6.45, 7) is 0. The molecule has 2 aliphatic carbocycles. The second kappa shape index (κ2) is 12.2. The molecule has 13 nitrogen and oxygen atoms in total. The molecule has 9 rings (SSSR count). The van der Waals surface area contributed by atoms with Crippen LogP contribution in [-0.4, -0.2) is 57.3 Å². The van der Waals surface area contributed by atoms with Gasteiger partial charge in [0.2, 0.25) is 0 Å². The van der Waals surface area contributed by atoms with Gasteiger partial charge in [0.25, 0.3) is 0 Å². The Bertz CT molecular complexity index is 2310. The van der Waals surface area contributed by atoms with Crippen molar-refractivity contribution < 1.29 is 55.0 Å². The molecule has 3 fully saturated rings. The molecular formula is C38H28IN6O7-. The van der Waals surface area contributed by atoms with Crippen LogP contribution in [0.3, 0.4) is 0 Å². The van der Waals surface area contributed by atoms with Gasteiger partial charge in [0.05, 0.1) is 11.8 Å².